The van der Waals surface area contributed by atoms with E-state index in [0.717, 1.165) is 17.9 Å². The molecule has 0 aliphatic rings. The molecule has 0 aliphatic carbocycles. The van der Waals surface area contributed by atoms with Crippen molar-refractivity contribution in [1.29, 1.82) is 0 Å². The van der Waals surface area contributed by atoms with E-state index in [1.165, 1.54) is 21.3 Å². The molecule has 0 heterocycles. The first-order valence-corrected chi connectivity index (χ1v) is 29.9. The van der Waals surface area contributed by atoms with Crippen molar-refractivity contribution in [3.63, 3.8) is 0 Å². The Morgan fingerprint density at radius 3 is 1.26 bits per heavy atom. The zero-order valence-corrected chi connectivity index (χ0v) is 57.6. The molecule has 5 aromatic rings. The Hall–Kier alpha value is -6.45. The van der Waals surface area contributed by atoms with Gasteiger partial charge in [-0.05, 0) is 90.4 Å². The van der Waals surface area contributed by atoms with E-state index in [-0.39, 0.29) is 55.0 Å². The van der Waals surface area contributed by atoms with Crippen LogP contribution in [0.4, 0.5) is 4.39 Å². The van der Waals surface area contributed by atoms with Crippen LogP contribution in [0.3, 0.4) is 0 Å². The van der Waals surface area contributed by atoms with Crippen molar-refractivity contribution in [3.05, 3.63) is 130 Å². The van der Waals surface area contributed by atoms with E-state index in [1.54, 1.807) is 83.9 Å². The maximum Gasteiger partial charge on any atom is 0.203 e. The molecule has 13 nitrogen and oxygen atoms in total. The molecule has 474 valence electrons. The minimum absolute atomic E-state index is 0.00285. The molecule has 16 heteroatoms. The number of hydrogen-bond acceptors (Lipinski definition) is 13. The second-order valence-electron chi connectivity index (χ2n) is 26.9. The second kappa shape index (κ2) is 33.5. The summed E-state index contributed by atoms with van der Waals surface area (Å²) in [7, 11) is 7.41. The van der Waals surface area contributed by atoms with Crippen LogP contribution in [0.25, 0.3) is 0 Å². The molecule has 0 N–H and O–H groups in total. The lowest BCUT2D eigenvalue weighted by Gasteiger charge is -2.19. The highest BCUT2D eigenvalue weighted by Crippen LogP contribution is 2.40. The summed E-state index contributed by atoms with van der Waals surface area (Å²) >= 11 is 5.81. The van der Waals surface area contributed by atoms with Gasteiger partial charge in [-0.25, -0.2) is 12.8 Å². The van der Waals surface area contributed by atoms with E-state index in [4.69, 9.17) is 44.8 Å². The van der Waals surface area contributed by atoms with E-state index < -0.39 is 26.5 Å². The van der Waals surface area contributed by atoms with E-state index >= 15 is 0 Å². The summed E-state index contributed by atoms with van der Waals surface area (Å²) in [6.45, 7) is 39.0. The number of ketones is 4. The fourth-order valence-corrected chi connectivity index (χ4v) is 9.20. The summed E-state index contributed by atoms with van der Waals surface area (Å²) in [6.07, 6.45) is 0.517. The number of benzene rings is 5. The van der Waals surface area contributed by atoms with Crippen molar-refractivity contribution in [2.45, 2.75) is 150 Å². The smallest absolute Gasteiger partial charge is 0.203 e. The highest BCUT2D eigenvalue weighted by atomic mass is 35.5. The van der Waals surface area contributed by atoms with Gasteiger partial charge in [-0.3, -0.25) is 19.2 Å². The van der Waals surface area contributed by atoms with Crippen LogP contribution in [0.5, 0.6) is 40.2 Å². The molecule has 0 aromatic heterocycles. The van der Waals surface area contributed by atoms with Gasteiger partial charge in [0, 0.05) is 43.9 Å². The van der Waals surface area contributed by atoms with Crippen molar-refractivity contribution < 1.29 is 65.1 Å². The number of rotatable bonds is 14. The van der Waals surface area contributed by atoms with Gasteiger partial charge in [-0.1, -0.05) is 167 Å². The molecule has 0 fully saturated rings. The number of carbonyl (C=O) groups excluding carboxylic acids is 4. The molecule has 5 aromatic carbocycles. The van der Waals surface area contributed by atoms with E-state index in [0.29, 0.717) is 74.2 Å². The maximum atomic E-state index is 13.3. The predicted octanol–water partition coefficient (Wildman–Crippen LogP) is 17.8. The van der Waals surface area contributed by atoms with E-state index in [2.05, 4.69) is 27.7 Å². The van der Waals surface area contributed by atoms with Crippen LogP contribution in [0.15, 0.2) is 95.9 Å². The van der Waals surface area contributed by atoms with Gasteiger partial charge < -0.3 is 33.2 Å². The summed E-state index contributed by atoms with van der Waals surface area (Å²) in [5.41, 5.74) is 1.75. The Labute approximate surface area is 514 Å². The highest BCUT2D eigenvalue weighted by Gasteiger charge is 2.29. The van der Waals surface area contributed by atoms with Crippen LogP contribution in [0.1, 0.15) is 185 Å². The summed E-state index contributed by atoms with van der Waals surface area (Å²) in [4.78, 5) is 48.2. The quantitative estimate of drug-likeness (QED) is 0.0965. The first kappa shape index (κ1) is 78.5. The maximum absolute atomic E-state index is 13.3. The average molecular weight is 1220 g/mol. The Bertz CT molecular complexity index is 3050. The van der Waals surface area contributed by atoms with Gasteiger partial charge in [0.25, 0.3) is 0 Å². The molecule has 0 saturated carbocycles. The molecule has 0 unspecified atom stereocenters. The van der Waals surface area contributed by atoms with Crippen molar-refractivity contribution >= 4 is 44.6 Å². The number of sulfone groups is 1. The molecule has 0 amide bonds. The zero-order chi connectivity index (χ0) is 66.4. The summed E-state index contributed by atoms with van der Waals surface area (Å²) in [6, 6.07) is 25.3. The molecule has 0 bridgehead atoms. The topological polar surface area (TPSA) is 167 Å². The van der Waals surface area contributed by atoms with Gasteiger partial charge in [0.2, 0.25) is 5.75 Å². The van der Waals surface area contributed by atoms with Crippen LogP contribution < -0.4 is 33.2 Å². The molecule has 0 atom stereocenters. The highest BCUT2D eigenvalue weighted by molar-refractivity contribution is 7.91. The molecule has 85 heavy (non-hydrogen) atoms. The third-order valence-corrected chi connectivity index (χ3v) is 13.9. The van der Waals surface area contributed by atoms with Gasteiger partial charge in [0.1, 0.15) is 28.8 Å². The molecule has 0 saturated heterocycles. The molecule has 0 radical (unpaired) electrons. The fourth-order valence-electron chi connectivity index (χ4n) is 6.96. The molecular weight excluding hydrogens is 1120 g/mol. The summed E-state index contributed by atoms with van der Waals surface area (Å²) in [5, 5.41) is 0.143. The minimum Gasteiger partial charge on any atom is -0.497 e. The number of ether oxygens (including phenoxy) is 7. The van der Waals surface area contributed by atoms with Crippen LogP contribution in [0, 0.1) is 45.2 Å². The number of carbonyl (C=O) groups is 4. The lowest BCUT2D eigenvalue weighted by atomic mass is 9.86. The van der Waals surface area contributed by atoms with E-state index in [1.807, 2.05) is 134 Å². The second-order valence-corrected chi connectivity index (χ2v) is 29.4. The lowest BCUT2D eigenvalue weighted by Crippen LogP contribution is -2.20. The molecular formula is C69H100ClFO13S. The van der Waals surface area contributed by atoms with Crippen LogP contribution >= 0.6 is 11.6 Å². The first-order valence-electron chi connectivity index (χ1n) is 27.9. The van der Waals surface area contributed by atoms with Gasteiger partial charge in [-0.15, -0.1) is 0 Å². The van der Waals surface area contributed by atoms with Crippen molar-refractivity contribution in [2.24, 2.45) is 32.5 Å². The number of methoxy groups -OCH3 is 7. The summed E-state index contributed by atoms with van der Waals surface area (Å²) in [5.74, 6) is 3.78. The molecule has 5 rings (SSSR count). The SMILES string of the molecule is CC(C)(C)C.COc1cc(C(=O)C(C)(C)C)cc(OC)c1OC.COc1ccc(C(=O)C(C)(C)C)c(OC)c1.COc1cccc(C(=O)C(C)(C)C)c1.COc1ccccc1C(=O)C(C)(C)C.Cc1c(Cl)cc(F)cc1S(=O)(=O)CCC(C)(C)C. The number of Topliss-reactive ketones (excluding diaryl/α,β-unsaturated/α-hetero) is 4. The third-order valence-electron chi connectivity index (χ3n) is 11.7. The largest absolute Gasteiger partial charge is 0.497 e. The standard InChI is InChI=1S/C14H20O4.C13H18ClFO2S.C13H18O3.2C12H16O2.C5H12/c1-14(2,3)13(15)9-7-10(16-4)12(18-6)11(8-9)17-5;1-9-11(14)7-10(15)8-12(9)18(16,17)6-5-13(2,3)4;1-13(2,3)12(14)10-7-6-9(15-4)8-11(10)16-5;1-12(2,3)11(13)9-6-5-7-10(8-9)14-4;1-12(2,3)11(13)9-7-5-6-8-10(9)14-4;1-5(2,3)4/h7-8H,1-6H3;7-8H,5-6H2,1-4H3;6-8H,1-5H3;2*5-8H,1-4H3;1-4H3. The van der Waals surface area contributed by atoms with Crippen molar-refractivity contribution in [3.8, 4) is 40.2 Å². The number of hydrogen-bond donors (Lipinski definition) is 0. The summed E-state index contributed by atoms with van der Waals surface area (Å²) < 4.78 is 73.8. The third kappa shape index (κ3) is 27.6. The first-order chi connectivity index (χ1) is 38.7. The van der Waals surface area contributed by atoms with Crippen LogP contribution in [0.2, 0.25) is 5.02 Å². The molecule has 0 spiro atoms. The van der Waals surface area contributed by atoms with Crippen molar-refractivity contribution in [2.75, 3.05) is 55.5 Å². The molecule has 0 aliphatic heterocycles. The van der Waals surface area contributed by atoms with Gasteiger partial charge in [-0.2, -0.15) is 0 Å². The van der Waals surface area contributed by atoms with Crippen LogP contribution in [-0.4, -0.2) is 87.1 Å². The fraction of sp³-hybridized carbons (Fsp3) is 0.507. The van der Waals surface area contributed by atoms with Gasteiger partial charge >= 0.3 is 0 Å². The van der Waals surface area contributed by atoms with Gasteiger partial charge in [0.05, 0.1) is 71.5 Å². The lowest BCUT2D eigenvalue weighted by molar-refractivity contribution is 0.0849. The minimum atomic E-state index is -3.49. The Balaban J connectivity index is 0.00000102. The number of para-hydroxylation sites is 1. The predicted molar refractivity (Wildman–Crippen MR) is 344 cm³/mol. The van der Waals surface area contributed by atoms with Crippen LogP contribution in [-0.2, 0) is 9.84 Å². The monoisotopic (exact) mass is 1220 g/mol. The van der Waals surface area contributed by atoms with E-state index in [9.17, 15) is 32.0 Å². The number of halogens is 2. The average Bonchev–Trinajstić information content (AvgIpc) is 2.52. The normalized spacial score (nSPS) is 11.5. The Kier molecular flexibility index (Phi) is 30.9. The van der Waals surface area contributed by atoms with Gasteiger partial charge in [0.15, 0.2) is 44.5 Å². The Morgan fingerprint density at radius 2 is 0.859 bits per heavy atom. The van der Waals surface area contributed by atoms with Crippen molar-refractivity contribution in [1.82, 2.24) is 0 Å². The Morgan fingerprint density at radius 1 is 0.447 bits per heavy atom. The zero-order valence-electron chi connectivity index (χ0n) is 56.0.